The minimum absolute atomic E-state index is 0.157. The zero-order valence-corrected chi connectivity index (χ0v) is 14.3. The van der Waals surface area contributed by atoms with Gasteiger partial charge in [0.25, 0.3) is 0 Å². The van der Waals surface area contributed by atoms with E-state index in [4.69, 9.17) is 58.0 Å². The minimum Gasteiger partial charge on any atom is -0.304 e. The second kappa shape index (κ2) is 5.61. The van der Waals surface area contributed by atoms with Gasteiger partial charge in [0.05, 0.1) is 0 Å². The third kappa shape index (κ3) is 3.06. The molecule has 3 nitrogen and oxygen atoms in total. The fourth-order valence-corrected chi connectivity index (χ4v) is 2.41. The van der Waals surface area contributed by atoms with Crippen molar-refractivity contribution in [1.82, 2.24) is 9.91 Å². The lowest BCUT2D eigenvalue weighted by molar-refractivity contribution is 0.0502. The third-order valence-corrected chi connectivity index (χ3v) is 5.01. The lowest BCUT2D eigenvalue weighted by Gasteiger charge is -2.43. The van der Waals surface area contributed by atoms with E-state index >= 15 is 0 Å². The van der Waals surface area contributed by atoms with Gasteiger partial charge in [0, 0.05) is 6.04 Å². The Morgan fingerprint density at radius 2 is 1.56 bits per heavy atom. The average molecular weight is 356 g/mol. The molecule has 0 aliphatic carbocycles. The van der Waals surface area contributed by atoms with Crippen molar-refractivity contribution >= 4 is 64.3 Å². The van der Waals surface area contributed by atoms with Crippen LogP contribution in [0.5, 0.6) is 0 Å². The highest BCUT2D eigenvalue weighted by Crippen LogP contribution is 2.50. The van der Waals surface area contributed by atoms with Gasteiger partial charge in [-0.3, -0.25) is 5.01 Å². The maximum absolute atomic E-state index is 6.21. The van der Waals surface area contributed by atoms with Crippen LogP contribution in [0.4, 0.5) is 0 Å². The van der Waals surface area contributed by atoms with E-state index in [1.807, 2.05) is 32.7 Å². The Morgan fingerprint density at radius 1 is 1.06 bits per heavy atom. The summed E-state index contributed by atoms with van der Waals surface area (Å²) in [7, 11) is 0. The Balaban J connectivity index is 3.07. The van der Waals surface area contributed by atoms with Crippen LogP contribution in [0.25, 0.3) is 0 Å². The molecule has 0 saturated carbocycles. The van der Waals surface area contributed by atoms with Gasteiger partial charge >= 0.3 is 0 Å². The molecule has 0 bridgehead atoms. The molecular weight excluding hydrogens is 339 g/mol. The van der Waals surface area contributed by atoms with Crippen LogP contribution >= 0.6 is 58.0 Å². The fraction of sp³-hybridized carbons (Fsp3) is 0.900. The predicted octanol–water partition coefficient (Wildman–Crippen LogP) is 4.44. The molecule has 1 aliphatic heterocycles. The van der Waals surface area contributed by atoms with Crippen molar-refractivity contribution in [3.63, 3.8) is 0 Å². The lowest BCUT2D eigenvalue weighted by Crippen LogP contribution is -2.56. The van der Waals surface area contributed by atoms with Gasteiger partial charge in [-0.25, -0.2) is 0 Å². The Morgan fingerprint density at radius 3 is 1.89 bits per heavy atom. The van der Waals surface area contributed by atoms with Crippen LogP contribution in [-0.4, -0.2) is 36.7 Å². The van der Waals surface area contributed by atoms with E-state index in [0.717, 1.165) is 0 Å². The molecule has 0 N–H and O–H groups in total. The number of hydrogen-bond donors (Lipinski definition) is 0. The zero-order chi connectivity index (χ0) is 14.3. The maximum atomic E-state index is 6.21. The highest BCUT2D eigenvalue weighted by Gasteiger charge is 2.55. The topological polar surface area (TPSA) is 18.8 Å². The molecule has 0 amide bonds. The van der Waals surface area contributed by atoms with Crippen molar-refractivity contribution in [3.8, 4) is 0 Å². The van der Waals surface area contributed by atoms with Crippen LogP contribution in [0.3, 0.4) is 0 Å². The summed E-state index contributed by atoms with van der Waals surface area (Å²) >= 11 is 30.0. The minimum atomic E-state index is -1.84. The van der Waals surface area contributed by atoms with Gasteiger partial charge in [-0.2, -0.15) is 5.10 Å². The first-order valence-corrected chi connectivity index (χ1v) is 7.44. The van der Waals surface area contributed by atoms with Gasteiger partial charge in [0.1, 0.15) is 12.5 Å². The second-order valence-electron chi connectivity index (χ2n) is 4.81. The summed E-state index contributed by atoms with van der Waals surface area (Å²) in [4.78, 5) is 1.58. The quantitative estimate of drug-likeness (QED) is 0.550. The molecule has 0 radical (unpaired) electrons. The Hall–Kier alpha value is 0.720. The highest BCUT2D eigenvalue weighted by molar-refractivity contribution is 6.75. The van der Waals surface area contributed by atoms with Crippen LogP contribution in [0.2, 0.25) is 0 Å². The van der Waals surface area contributed by atoms with Crippen molar-refractivity contribution in [2.45, 2.75) is 48.2 Å². The van der Waals surface area contributed by atoms with Gasteiger partial charge in [0.15, 0.2) is 0 Å². The first kappa shape index (κ1) is 16.8. The Bertz CT molecular complexity index is 324. The van der Waals surface area contributed by atoms with E-state index in [1.165, 1.54) is 6.34 Å². The number of hydrazone groups is 1. The molecule has 0 fully saturated rings. The molecule has 18 heavy (non-hydrogen) atoms. The molecule has 1 aliphatic rings. The number of halogens is 5. The van der Waals surface area contributed by atoms with Gasteiger partial charge in [-0.05, 0) is 19.8 Å². The van der Waals surface area contributed by atoms with E-state index in [0.29, 0.717) is 0 Å². The molecule has 0 aromatic heterocycles. The normalized spacial score (nSPS) is 21.6. The molecule has 0 aromatic carbocycles. The molecule has 0 saturated heterocycles. The Labute approximate surface area is 133 Å². The van der Waals surface area contributed by atoms with Crippen molar-refractivity contribution in [3.05, 3.63) is 0 Å². The number of alkyl halides is 5. The number of nitrogens with zero attached hydrogens (tertiary/aromatic N) is 3. The second-order valence-corrected chi connectivity index (χ2v) is 8.38. The molecule has 1 unspecified atom stereocenters. The highest BCUT2D eigenvalue weighted by atomic mass is 35.6. The van der Waals surface area contributed by atoms with Gasteiger partial charge in [-0.1, -0.05) is 71.9 Å². The molecule has 1 atom stereocenters. The monoisotopic (exact) mass is 353 g/mol. The van der Waals surface area contributed by atoms with E-state index in [-0.39, 0.29) is 18.1 Å². The van der Waals surface area contributed by atoms with Crippen LogP contribution in [0, 0.1) is 5.92 Å². The van der Waals surface area contributed by atoms with Crippen molar-refractivity contribution in [1.29, 1.82) is 0 Å². The molecule has 8 heteroatoms. The summed E-state index contributed by atoms with van der Waals surface area (Å²) in [5.74, 6) is 0.208. The first-order chi connectivity index (χ1) is 8.00. The largest absolute Gasteiger partial charge is 0.304 e. The summed E-state index contributed by atoms with van der Waals surface area (Å²) in [5.41, 5.74) is 0. The van der Waals surface area contributed by atoms with Crippen LogP contribution in [-0.2, 0) is 0 Å². The van der Waals surface area contributed by atoms with Gasteiger partial charge in [0.2, 0.25) is 8.25 Å². The van der Waals surface area contributed by atoms with E-state index in [9.17, 15) is 0 Å². The lowest BCUT2D eigenvalue weighted by atomic mass is 10.1. The van der Waals surface area contributed by atoms with Gasteiger partial charge < -0.3 is 4.90 Å². The smallest absolute Gasteiger partial charge is 0.241 e. The predicted molar refractivity (Wildman–Crippen MR) is 80.7 cm³/mol. The molecule has 1 rings (SSSR count). The SMILES string of the molecule is CC(C)C1N(C(C)C)N=CN1C(Cl)(Cl)C(Cl)(Cl)Cl. The standard InChI is InChI=1S/C10H16Cl5N3/c1-6(2)8-17(5-16-18(8)7(3)4)10(14,15)9(11,12)13/h5-8H,1-4H3. The summed E-state index contributed by atoms with van der Waals surface area (Å²) in [6, 6.07) is 0.193. The molecule has 1 heterocycles. The molecule has 106 valence electrons. The van der Waals surface area contributed by atoms with Gasteiger partial charge in [-0.15, -0.1) is 0 Å². The zero-order valence-electron chi connectivity index (χ0n) is 10.5. The van der Waals surface area contributed by atoms with Crippen molar-refractivity contribution in [2.75, 3.05) is 0 Å². The number of rotatable bonds is 3. The van der Waals surface area contributed by atoms with E-state index in [2.05, 4.69) is 5.10 Å². The van der Waals surface area contributed by atoms with Crippen molar-refractivity contribution in [2.24, 2.45) is 11.0 Å². The van der Waals surface area contributed by atoms with Crippen LogP contribution in [0.1, 0.15) is 27.7 Å². The molecule has 0 aromatic rings. The summed E-state index contributed by atoms with van der Waals surface area (Å²) in [6.45, 7) is 8.11. The summed E-state index contributed by atoms with van der Waals surface area (Å²) in [5, 5.41) is 6.18. The van der Waals surface area contributed by atoms with Crippen LogP contribution < -0.4 is 0 Å². The van der Waals surface area contributed by atoms with Crippen LogP contribution in [0.15, 0.2) is 5.10 Å². The van der Waals surface area contributed by atoms with E-state index in [1.54, 1.807) is 4.90 Å². The summed E-state index contributed by atoms with van der Waals surface area (Å²) < 4.78 is -3.53. The third-order valence-electron chi connectivity index (χ3n) is 2.66. The van der Waals surface area contributed by atoms with Crippen molar-refractivity contribution < 1.29 is 0 Å². The molecule has 0 spiro atoms. The maximum Gasteiger partial charge on any atom is 0.241 e. The fourth-order valence-electron chi connectivity index (χ4n) is 1.83. The molecular formula is C10H16Cl5N3. The van der Waals surface area contributed by atoms with E-state index < -0.39 is 8.25 Å². The number of hydrogen-bond acceptors (Lipinski definition) is 3. The average Bonchev–Trinajstić information content (AvgIpc) is 2.59. The Kier molecular flexibility index (Phi) is 5.23. The first-order valence-electron chi connectivity index (χ1n) is 5.55. The summed E-state index contributed by atoms with van der Waals surface area (Å²) in [6.07, 6.45) is 1.36.